The van der Waals surface area contributed by atoms with Gasteiger partial charge in [-0.1, -0.05) is 25.4 Å². The fourth-order valence-corrected chi connectivity index (χ4v) is 3.12. The van der Waals surface area contributed by atoms with Crippen LogP contribution in [0.25, 0.3) is 0 Å². The Bertz CT molecular complexity index is 404. The minimum absolute atomic E-state index is 0.0931. The van der Waals surface area contributed by atoms with E-state index in [1.165, 1.54) is 6.08 Å². The van der Waals surface area contributed by atoms with Crippen molar-refractivity contribution in [3.8, 4) is 0 Å². The Morgan fingerprint density at radius 1 is 1.09 bits per heavy atom. The molecule has 0 aliphatic carbocycles. The summed E-state index contributed by atoms with van der Waals surface area (Å²) in [5.74, 6) is 0.426. The summed E-state index contributed by atoms with van der Waals surface area (Å²) in [5.41, 5.74) is 17.8. The summed E-state index contributed by atoms with van der Waals surface area (Å²) in [6.07, 6.45) is 3.43. The average Bonchev–Trinajstić information content (AvgIpc) is 2.36. The highest BCUT2D eigenvalue weighted by atomic mass is 35.5. The first-order valence-electron chi connectivity index (χ1n) is 7.84. The molecule has 5 nitrogen and oxygen atoms in total. The molecule has 1 aliphatic rings. The van der Waals surface area contributed by atoms with E-state index >= 15 is 0 Å². The van der Waals surface area contributed by atoms with E-state index in [2.05, 4.69) is 45.0 Å². The monoisotopic (exact) mass is 331 g/mol. The minimum atomic E-state index is 0.0931. The topological polar surface area (TPSA) is 93.3 Å². The lowest BCUT2D eigenvalue weighted by Crippen LogP contribution is -2.62. The van der Waals surface area contributed by atoms with Gasteiger partial charge in [-0.3, -0.25) is 4.90 Å². The molecule has 7 N–H and O–H groups in total. The van der Waals surface area contributed by atoms with Gasteiger partial charge in [-0.2, -0.15) is 0 Å². The molecule has 0 bridgehead atoms. The normalized spacial score (nSPS) is 23.2. The smallest absolute Gasteiger partial charge is 0.120 e. The van der Waals surface area contributed by atoms with Crippen LogP contribution in [-0.4, -0.2) is 29.1 Å². The molecule has 1 aliphatic heterocycles. The van der Waals surface area contributed by atoms with Crippen LogP contribution < -0.4 is 22.5 Å². The fraction of sp³-hybridized carbons (Fsp3) is 0.750. The summed E-state index contributed by atoms with van der Waals surface area (Å²) >= 11 is 5.60. The van der Waals surface area contributed by atoms with E-state index in [0.717, 1.165) is 12.8 Å². The maximum absolute atomic E-state index is 5.98. The van der Waals surface area contributed by atoms with Gasteiger partial charge >= 0.3 is 0 Å². The maximum atomic E-state index is 5.98. The van der Waals surface area contributed by atoms with Crippen LogP contribution in [0, 0.1) is 0 Å². The van der Waals surface area contributed by atoms with Crippen molar-refractivity contribution in [2.24, 2.45) is 17.2 Å². The number of nitrogens with zero attached hydrogens (tertiary/aromatic N) is 1. The quantitative estimate of drug-likeness (QED) is 0.470. The van der Waals surface area contributed by atoms with Crippen LogP contribution in [-0.2, 0) is 0 Å². The van der Waals surface area contributed by atoms with Gasteiger partial charge in [0.2, 0.25) is 0 Å². The van der Waals surface area contributed by atoms with Gasteiger partial charge in [0.15, 0.2) is 0 Å². The number of halogens is 1. The molecule has 130 valence electrons. The van der Waals surface area contributed by atoms with Crippen molar-refractivity contribution >= 4 is 11.6 Å². The van der Waals surface area contributed by atoms with Gasteiger partial charge in [0.05, 0.1) is 5.70 Å². The summed E-state index contributed by atoms with van der Waals surface area (Å²) in [6, 6.07) is 0.264. The molecule has 0 aromatic heterocycles. The third-order valence-electron chi connectivity index (χ3n) is 4.27. The van der Waals surface area contributed by atoms with Crippen molar-refractivity contribution in [2.45, 2.75) is 71.5 Å². The zero-order valence-electron chi connectivity index (χ0n) is 15.1. The molecule has 0 radical (unpaired) electrons. The molecule has 0 spiro atoms. The zero-order chi connectivity index (χ0) is 17.7. The van der Waals surface area contributed by atoms with Crippen LogP contribution in [0.15, 0.2) is 22.8 Å². The lowest BCUT2D eigenvalue weighted by molar-refractivity contribution is -0.0164. The Hall–Kier alpha value is -1.07. The molecule has 1 saturated heterocycles. The van der Waals surface area contributed by atoms with Crippen molar-refractivity contribution in [2.75, 3.05) is 7.05 Å². The first-order valence-corrected chi connectivity index (χ1v) is 8.22. The van der Waals surface area contributed by atoms with Crippen LogP contribution >= 0.6 is 11.6 Å². The standard InChI is InChI=1S/C14H28ClN5.C2H6/c1-13(2)7-9(8-14(3,4)20(13)5)19-12(18)10(16)6-11(15)17;1-2/h6,9,19H,7-8,16-18H2,1-5H3;1-2H3/b11-6-,12-10-;. The van der Waals surface area contributed by atoms with Gasteiger partial charge in [-0.25, -0.2) is 0 Å². The third kappa shape index (κ3) is 5.61. The van der Waals surface area contributed by atoms with Crippen LogP contribution in [0.4, 0.5) is 0 Å². The molecule has 0 aromatic rings. The van der Waals surface area contributed by atoms with Crippen LogP contribution in [0.1, 0.15) is 54.4 Å². The molecular weight excluding hydrogens is 298 g/mol. The highest BCUT2D eigenvalue weighted by Gasteiger charge is 2.43. The molecule has 1 fully saturated rings. The number of hydrogen-bond donors (Lipinski definition) is 4. The number of nitrogens with one attached hydrogen (secondary N) is 1. The van der Waals surface area contributed by atoms with Crippen molar-refractivity contribution in [1.29, 1.82) is 0 Å². The lowest BCUT2D eigenvalue weighted by Gasteiger charge is -2.53. The minimum Gasteiger partial charge on any atom is -0.396 e. The van der Waals surface area contributed by atoms with Gasteiger partial charge < -0.3 is 22.5 Å². The largest absolute Gasteiger partial charge is 0.396 e. The van der Waals surface area contributed by atoms with Gasteiger partial charge in [0.25, 0.3) is 0 Å². The molecule has 0 unspecified atom stereocenters. The summed E-state index contributed by atoms with van der Waals surface area (Å²) in [4.78, 5) is 2.41. The Morgan fingerprint density at radius 2 is 1.50 bits per heavy atom. The highest BCUT2D eigenvalue weighted by Crippen LogP contribution is 2.36. The van der Waals surface area contributed by atoms with Crippen molar-refractivity contribution < 1.29 is 0 Å². The Balaban J connectivity index is 0.00000211. The molecule has 1 rings (SSSR count). The summed E-state index contributed by atoms with van der Waals surface area (Å²) < 4.78 is 0. The van der Waals surface area contributed by atoms with Gasteiger partial charge in [0, 0.05) is 17.1 Å². The van der Waals surface area contributed by atoms with E-state index in [0.29, 0.717) is 11.5 Å². The van der Waals surface area contributed by atoms with E-state index in [4.69, 9.17) is 28.8 Å². The molecule has 1 heterocycles. The first kappa shape index (κ1) is 20.9. The van der Waals surface area contributed by atoms with Gasteiger partial charge in [0.1, 0.15) is 11.0 Å². The first-order chi connectivity index (χ1) is 9.95. The van der Waals surface area contributed by atoms with Crippen LogP contribution in [0.2, 0.25) is 0 Å². The molecule has 0 aromatic carbocycles. The number of piperidine rings is 1. The van der Waals surface area contributed by atoms with E-state index < -0.39 is 0 Å². The van der Waals surface area contributed by atoms with Crippen molar-refractivity contribution in [3.05, 3.63) is 22.8 Å². The predicted molar refractivity (Wildman–Crippen MR) is 97.0 cm³/mol. The Morgan fingerprint density at radius 3 is 1.86 bits per heavy atom. The SMILES string of the molecule is CC.CN1C(C)(C)CC(N/C(N)=C(N)/C=C(\N)Cl)CC1(C)C. The molecule has 0 saturated carbocycles. The second-order valence-electron chi connectivity index (χ2n) is 6.83. The average molecular weight is 332 g/mol. The summed E-state index contributed by atoms with van der Waals surface area (Å²) in [5, 5.41) is 3.42. The van der Waals surface area contributed by atoms with Crippen LogP contribution in [0.3, 0.4) is 0 Å². The van der Waals surface area contributed by atoms with E-state index in [9.17, 15) is 0 Å². The van der Waals surface area contributed by atoms with E-state index in [1.807, 2.05) is 13.8 Å². The summed E-state index contributed by atoms with van der Waals surface area (Å²) in [6.45, 7) is 13.0. The molecular formula is C16H34ClN5. The molecule has 0 atom stereocenters. The fourth-order valence-electron chi connectivity index (χ4n) is 3.00. The second-order valence-corrected chi connectivity index (χ2v) is 7.27. The highest BCUT2D eigenvalue weighted by molar-refractivity contribution is 6.29. The second kappa shape index (κ2) is 7.97. The van der Waals surface area contributed by atoms with Gasteiger partial charge in [-0.05, 0) is 53.7 Å². The van der Waals surface area contributed by atoms with E-state index in [1.54, 1.807) is 0 Å². The molecule has 0 amide bonds. The Kier molecular flexibility index (Phi) is 7.58. The zero-order valence-corrected chi connectivity index (χ0v) is 15.9. The van der Waals surface area contributed by atoms with Crippen molar-refractivity contribution in [1.82, 2.24) is 10.2 Å². The molecule has 6 heteroatoms. The number of hydrogen-bond acceptors (Lipinski definition) is 5. The Labute approximate surface area is 140 Å². The maximum Gasteiger partial charge on any atom is 0.120 e. The summed E-state index contributed by atoms with van der Waals surface area (Å²) in [7, 11) is 2.17. The lowest BCUT2D eigenvalue weighted by atomic mass is 9.77. The number of likely N-dealkylation sites (tertiary alicyclic amines) is 1. The van der Waals surface area contributed by atoms with Gasteiger partial charge in [-0.15, -0.1) is 0 Å². The number of rotatable bonds is 3. The van der Waals surface area contributed by atoms with Crippen LogP contribution in [0.5, 0.6) is 0 Å². The van der Waals surface area contributed by atoms with Crippen molar-refractivity contribution in [3.63, 3.8) is 0 Å². The molecule has 22 heavy (non-hydrogen) atoms. The number of nitrogens with two attached hydrogens (primary N) is 3. The van der Waals surface area contributed by atoms with E-state index in [-0.39, 0.29) is 22.3 Å². The third-order valence-corrected chi connectivity index (χ3v) is 4.38. The predicted octanol–water partition coefficient (Wildman–Crippen LogP) is 2.38. The number of allylic oxidation sites excluding steroid dienone is 1.